The first kappa shape index (κ1) is 17.2. The molecule has 2 aromatic heterocycles. The lowest BCUT2D eigenvalue weighted by molar-refractivity contribution is -0.131. The van der Waals surface area contributed by atoms with Crippen LogP contribution in [0.3, 0.4) is 0 Å². The summed E-state index contributed by atoms with van der Waals surface area (Å²) in [6.45, 7) is 3.25. The number of imidazole rings is 1. The first-order valence-electron chi connectivity index (χ1n) is 8.44. The number of aromatic nitrogens is 2. The first-order valence-corrected chi connectivity index (χ1v) is 9.25. The lowest BCUT2D eigenvalue weighted by atomic mass is 10.1. The second-order valence-electron chi connectivity index (χ2n) is 5.84. The van der Waals surface area contributed by atoms with Crippen molar-refractivity contribution in [2.45, 2.75) is 13.8 Å². The Kier molecular flexibility index (Phi) is 4.37. The average molecular weight is 380 g/mol. The second kappa shape index (κ2) is 6.85. The van der Waals surface area contributed by atoms with Gasteiger partial charge in [0.05, 0.1) is 22.5 Å². The van der Waals surface area contributed by atoms with Gasteiger partial charge in [0.25, 0.3) is 0 Å². The van der Waals surface area contributed by atoms with E-state index in [4.69, 9.17) is 9.47 Å². The van der Waals surface area contributed by atoms with Crippen molar-refractivity contribution in [1.82, 2.24) is 9.38 Å². The van der Waals surface area contributed by atoms with E-state index >= 15 is 0 Å². The summed E-state index contributed by atoms with van der Waals surface area (Å²) in [5.41, 5.74) is 2.43. The van der Waals surface area contributed by atoms with Gasteiger partial charge < -0.3 is 9.47 Å². The Hall–Kier alpha value is -3.19. The smallest absolute Gasteiger partial charge is 0.341 e. The van der Waals surface area contributed by atoms with E-state index in [1.807, 2.05) is 34.9 Å². The highest BCUT2D eigenvalue weighted by Gasteiger charge is 2.22. The van der Waals surface area contributed by atoms with Crippen molar-refractivity contribution < 1.29 is 19.1 Å². The van der Waals surface area contributed by atoms with Crippen LogP contribution in [0, 0.1) is 0 Å². The van der Waals surface area contributed by atoms with Crippen LogP contribution < -0.4 is 4.74 Å². The number of benzene rings is 2. The van der Waals surface area contributed by atoms with Crippen molar-refractivity contribution in [2.24, 2.45) is 0 Å². The third kappa shape index (κ3) is 3.06. The van der Waals surface area contributed by atoms with Crippen LogP contribution in [0.4, 0.5) is 0 Å². The van der Waals surface area contributed by atoms with Gasteiger partial charge in [-0.3, -0.25) is 9.20 Å². The van der Waals surface area contributed by atoms with Crippen LogP contribution in [-0.2, 0) is 9.53 Å². The maximum atomic E-state index is 12.3. The molecule has 27 heavy (non-hydrogen) atoms. The summed E-state index contributed by atoms with van der Waals surface area (Å²) in [5.74, 6) is -0.889. The number of fused-ring (bicyclic) bond motifs is 3. The maximum Gasteiger partial charge on any atom is 0.341 e. The van der Waals surface area contributed by atoms with Crippen LogP contribution in [0.25, 0.3) is 26.4 Å². The standard InChI is InChI=1S/C20H16N2O4S/c1-3-25-19(24)14-8-6-7-13(18(14)26-12(2)23)15-11-22-16-9-4-5-10-17(16)27-20(22)21-15/h4-11H,3H2,1-2H3. The Labute approximate surface area is 159 Å². The number of hydrogen-bond acceptors (Lipinski definition) is 6. The third-order valence-electron chi connectivity index (χ3n) is 4.03. The molecule has 0 unspecified atom stereocenters. The van der Waals surface area contributed by atoms with Gasteiger partial charge in [0.2, 0.25) is 0 Å². The minimum Gasteiger partial charge on any atom is -0.462 e. The molecule has 2 aromatic carbocycles. The van der Waals surface area contributed by atoms with Crippen LogP contribution in [0.15, 0.2) is 48.7 Å². The van der Waals surface area contributed by atoms with Crippen molar-refractivity contribution >= 4 is 38.5 Å². The molecule has 0 bridgehead atoms. The predicted octanol–water partition coefficient (Wildman–Crippen LogP) is 4.32. The van der Waals surface area contributed by atoms with Gasteiger partial charge in [-0.05, 0) is 31.2 Å². The summed E-state index contributed by atoms with van der Waals surface area (Å²) in [6.07, 6.45) is 1.88. The van der Waals surface area contributed by atoms with Gasteiger partial charge in [-0.25, -0.2) is 9.78 Å². The first-order chi connectivity index (χ1) is 13.1. The highest BCUT2D eigenvalue weighted by Crippen LogP contribution is 2.36. The third-order valence-corrected chi connectivity index (χ3v) is 5.07. The number of ether oxygens (including phenoxy) is 2. The second-order valence-corrected chi connectivity index (χ2v) is 6.85. The monoisotopic (exact) mass is 380 g/mol. The molecule has 2 heterocycles. The number of para-hydroxylation sites is 2. The van der Waals surface area contributed by atoms with E-state index in [0.717, 1.165) is 15.2 Å². The molecule has 0 radical (unpaired) electrons. The predicted molar refractivity (Wildman–Crippen MR) is 103 cm³/mol. The number of carbonyl (C=O) groups is 2. The van der Waals surface area contributed by atoms with Crippen LogP contribution in [0.1, 0.15) is 24.2 Å². The molecule has 0 amide bonds. The molecule has 4 rings (SSSR count). The summed E-state index contributed by atoms with van der Waals surface area (Å²) in [4.78, 5) is 29.4. The van der Waals surface area contributed by atoms with Gasteiger partial charge in [0.1, 0.15) is 5.56 Å². The van der Waals surface area contributed by atoms with Gasteiger partial charge in [0, 0.05) is 18.7 Å². The summed E-state index contributed by atoms with van der Waals surface area (Å²) in [5, 5.41) is 0. The highest BCUT2D eigenvalue weighted by molar-refractivity contribution is 7.23. The Morgan fingerprint density at radius 3 is 2.74 bits per heavy atom. The molecule has 0 fully saturated rings. The molecule has 7 heteroatoms. The molecule has 0 spiro atoms. The molecule has 4 aromatic rings. The summed E-state index contributed by atoms with van der Waals surface area (Å²) in [6, 6.07) is 13.1. The molecule has 0 aliphatic heterocycles. The van der Waals surface area contributed by atoms with E-state index in [9.17, 15) is 9.59 Å². The van der Waals surface area contributed by atoms with E-state index < -0.39 is 11.9 Å². The molecule has 0 aliphatic rings. The van der Waals surface area contributed by atoms with E-state index in [2.05, 4.69) is 4.98 Å². The zero-order valence-electron chi connectivity index (χ0n) is 14.8. The topological polar surface area (TPSA) is 69.9 Å². The van der Waals surface area contributed by atoms with Crippen molar-refractivity contribution in [3.8, 4) is 17.0 Å². The summed E-state index contributed by atoms with van der Waals surface area (Å²) in [7, 11) is 0. The number of carbonyl (C=O) groups excluding carboxylic acids is 2. The molecule has 136 valence electrons. The summed E-state index contributed by atoms with van der Waals surface area (Å²) >= 11 is 1.57. The molecule has 0 atom stereocenters. The van der Waals surface area contributed by atoms with E-state index in [-0.39, 0.29) is 17.9 Å². The van der Waals surface area contributed by atoms with Crippen molar-refractivity contribution in [3.05, 3.63) is 54.2 Å². The molecular weight excluding hydrogens is 364 g/mol. The molecule has 6 nitrogen and oxygen atoms in total. The average Bonchev–Trinajstić information content (AvgIpc) is 3.19. The lowest BCUT2D eigenvalue weighted by Crippen LogP contribution is -2.11. The lowest BCUT2D eigenvalue weighted by Gasteiger charge is -2.12. The zero-order valence-corrected chi connectivity index (χ0v) is 15.6. The zero-order chi connectivity index (χ0) is 19.0. The van der Waals surface area contributed by atoms with E-state index in [1.165, 1.54) is 6.92 Å². The Morgan fingerprint density at radius 1 is 1.15 bits per heavy atom. The fourth-order valence-corrected chi connectivity index (χ4v) is 3.95. The number of nitrogens with zero attached hydrogens (tertiary/aromatic N) is 2. The molecule has 0 N–H and O–H groups in total. The van der Waals surface area contributed by atoms with Crippen molar-refractivity contribution in [3.63, 3.8) is 0 Å². The van der Waals surface area contributed by atoms with E-state index in [0.29, 0.717) is 11.3 Å². The Morgan fingerprint density at radius 2 is 1.96 bits per heavy atom. The van der Waals surface area contributed by atoms with Crippen LogP contribution in [-0.4, -0.2) is 27.9 Å². The highest BCUT2D eigenvalue weighted by atomic mass is 32.1. The van der Waals surface area contributed by atoms with E-state index in [1.54, 1.807) is 36.5 Å². The minimum atomic E-state index is -0.540. The van der Waals surface area contributed by atoms with Gasteiger partial charge >= 0.3 is 11.9 Å². The normalized spacial score (nSPS) is 11.0. The van der Waals surface area contributed by atoms with Crippen LogP contribution in [0.5, 0.6) is 5.75 Å². The fraction of sp³-hybridized carbons (Fsp3) is 0.150. The fourth-order valence-electron chi connectivity index (χ4n) is 2.94. The summed E-state index contributed by atoms with van der Waals surface area (Å²) < 4.78 is 13.6. The molecule has 0 saturated heterocycles. The van der Waals surface area contributed by atoms with Gasteiger partial charge in [0.15, 0.2) is 10.7 Å². The van der Waals surface area contributed by atoms with Gasteiger partial charge in [-0.1, -0.05) is 29.5 Å². The quantitative estimate of drug-likeness (QED) is 0.390. The largest absolute Gasteiger partial charge is 0.462 e. The van der Waals surface area contributed by atoms with Crippen molar-refractivity contribution in [1.29, 1.82) is 0 Å². The number of esters is 2. The molecular formula is C20H16N2O4S. The Bertz CT molecular complexity index is 1180. The number of thiazole rings is 1. The molecule has 0 aliphatic carbocycles. The van der Waals surface area contributed by atoms with Gasteiger partial charge in [-0.15, -0.1) is 0 Å². The molecule has 0 saturated carbocycles. The van der Waals surface area contributed by atoms with Crippen molar-refractivity contribution in [2.75, 3.05) is 6.61 Å². The minimum absolute atomic E-state index is 0.165. The van der Waals surface area contributed by atoms with Crippen LogP contribution >= 0.6 is 11.3 Å². The number of hydrogen-bond donors (Lipinski definition) is 0. The SMILES string of the molecule is CCOC(=O)c1cccc(-c2cn3c(n2)sc2ccccc23)c1OC(C)=O. The van der Waals surface area contributed by atoms with Gasteiger partial charge in [-0.2, -0.15) is 0 Å². The Balaban J connectivity index is 1.89. The number of rotatable bonds is 4. The maximum absolute atomic E-state index is 12.3. The van der Waals surface area contributed by atoms with Crippen LogP contribution in [0.2, 0.25) is 0 Å².